The molecule has 0 radical (unpaired) electrons. The molecule has 1 saturated carbocycles. The minimum atomic E-state index is 0.329. The monoisotopic (exact) mass is 274 g/mol. The summed E-state index contributed by atoms with van der Waals surface area (Å²) in [5, 5.41) is 4.18. The molecule has 0 bridgehead atoms. The molecule has 0 spiro atoms. The van der Waals surface area contributed by atoms with E-state index in [1.807, 2.05) is 4.68 Å². The smallest absolute Gasteiger partial charge is 0.240 e. The third-order valence-corrected chi connectivity index (χ3v) is 3.47. The van der Waals surface area contributed by atoms with Gasteiger partial charge in [-0.1, -0.05) is 0 Å². The van der Waals surface area contributed by atoms with Crippen LogP contribution in [0.4, 0.5) is 5.95 Å². The molecule has 84 valence electrons. The fourth-order valence-corrected chi connectivity index (χ4v) is 2.63. The van der Waals surface area contributed by atoms with E-state index in [-0.39, 0.29) is 0 Å². The summed E-state index contributed by atoms with van der Waals surface area (Å²) in [7, 11) is 1.77. The van der Waals surface area contributed by atoms with Gasteiger partial charge in [0.1, 0.15) is 0 Å². The molecular weight excluding hydrogens is 260 g/mol. The maximum absolute atomic E-state index is 5.54. The van der Waals surface area contributed by atoms with Crippen molar-refractivity contribution in [2.75, 3.05) is 12.8 Å². The molecule has 15 heavy (non-hydrogen) atoms. The molecule has 1 heterocycles. The summed E-state index contributed by atoms with van der Waals surface area (Å²) in [4.78, 5) is 4.04. The highest BCUT2D eigenvalue weighted by Gasteiger charge is 2.24. The first kappa shape index (κ1) is 10.9. The second-order valence-electron chi connectivity index (χ2n) is 3.85. The number of rotatable bonds is 2. The molecular formula is C9H15BrN4O. The largest absolute Gasteiger partial charge is 0.381 e. The number of hydrogen-bond acceptors (Lipinski definition) is 4. The Bertz CT molecular complexity index is 333. The van der Waals surface area contributed by atoms with Crippen molar-refractivity contribution in [2.45, 2.75) is 37.8 Å². The van der Waals surface area contributed by atoms with E-state index in [0.717, 1.165) is 30.4 Å². The quantitative estimate of drug-likeness (QED) is 0.893. The van der Waals surface area contributed by atoms with Gasteiger partial charge in [0.05, 0.1) is 12.1 Å². The molecule has 1 aromatic heterocycles. The summed E-state index contributed by atoms with van der Waals surface area (Å²) in [5.41, 5.74) is 5.54. The van der Waals surface area contributed by atoms with E-state index in [0.29, 0.717) is 18.1 Å². The first-order valence-corrected chi connectivity index (χ1v) is 5.90. The maximum Gasteiger partial charge on any atom is 0.240 e. The molecule has 2 rings (SSSR count). The maximum atomic E-state index is 5.54. The van der Waals surface area contributed by atoms with E-state index in [9.17, 15) is 0 Å². The minimum Gasteiger partial charge on any atom is -0.381 e. The van der Waals surface area contributed by atoms with Gasteiger partial charge in [-0.15, -0.1) is 5.10 Å². The third-order valence-electron chi connectivity index (χ3n) is 2.93. The lowest BCUT2D eigenvalue weighted by molar-refractivity contribution is 0.0564. The Morgan fingerprint density at radius 1 is 1.40 bits per heavy atom. The normalized spacial score (nSPS) is 26.8. The standard InChI is InChI=1S/C9H15BrN4O/c1-15-7-4-2-6(3-5-7)14-8(10)12-9(11)13-14/h6-7H,2-5H2,1H3,(H2,11,13). The molecule has 0 aromatic carbocycles. The number of hydrogen-bond donors (Lipinski definition) is 1. The number of methoxy groups -OCH3 is 1. The third kappa shape index (κ3) is 2.31. The van der Waals surface area contributed by atoms with Crippen molar-refractivity contribution >= 4 is 21.9 Å². The SMILES string of the molecule is COC1CCC(n2nc(N)nc2Br)CC1. The van der Waals surface area contributed by atoms with E-state index in [2.05, 4.69) is 26.0 Å². The molecule has 1 fully saturated rings. The number of nitrogens with two attached hydrogens (primary N) is 1. The van der Waals surface area contributed by atoms with Gasteiger partial charge in [0.25, 0.3) is 0 Å². The van der Waals surface area contributed by atoms with Gasteiger partial charge < -0.3 is 10.5 Å². The zero-order valence-corrected chi connectivity index (χ0v) is 10.3. The van der Waals surface area contributed by atoms with Crippen molar-refractivity contribution in [3.05, 3.63) is 4.73 Å². The Hall–Kier alpha value is -0.620. The fourth-order valence-electron chi connectivity index (χ4n) is 2.08. The molecule has 1 aliphatic carbocycles. The van der Waals surface area contributed by atoms with Crippen LogP contribution in [0.15, 0.2) is 4.73 Å². The molecule has 1 aromatic rings. The van der Waals surface area contributed by atoms with Crippen LogP contribution in [0.1, 0.15) is 31.7 Å². The van der Waals surface area contributed by atoms with Crippen molar-refractivity contribution in [1.82, 2.24) is 14.8 Å². The lowest BCUT2D eigenvalue weighted by Crippen LogP contribution is -2.23. The topological polar surface area (TPSA) is 66.0 Å². The van der Waals surface area contributed by atoms with Crippen molar-refractivity contribution < 1.29 is 4.74 Å². The van der Waals surface area contributed by atoms with Gasteiger partial charge >= 0.3 is 0 Å². The van der Waals surface area contributed by atoms with Crippen LogP contribution in [-0.2, 0) is 4.74 Å². The molecule has 1 aliphatic rings. The number of aromatic nitrogens is 3. The fraction of sp³-hybridized carbons (Fsp3) is 0.778. The van der Waals surface area contributed by atoms with E-state index in [1.165, 1.54) is 0 Å². The summed E-state index contributed by atoms with van der Waals surface area (Å²) in [6, 6.07) is 0.399. The summed E-state index contributed by atoms with van der Waals surface area (Å²) in [6.45, 7) is 0. The van der Waals surface area contributed by atoms with Gasteiger partial charge in [0, 0.05) is 7.11 Å². The van der Waals surface area contributed by atoms with E-state index in [1.54, 1.807) is 7.11 Å². The van der Waals surface area contributed by atoms with Crippen LogP contribution in [-0.4, -0.2) is 28.0 Å². The van der Waals surface area contributed by atoms with Gasteiger partial charge in [0.15, 0.2) is 4.73 Å². The molecule has 6 heteroatoms. The van der Waals surface area contributed by atoms with Crippen LogP contribution >= 0.6 is 15.9 Å². The zero-order chi connectivity index (χ0) is 10.8. The second kappa shape index (κ2) is 4.49. The van der Waals surface area contributed by atoms with E-state index in [4.69, 9.17) is 10.5 Å². The highest BCUT2D eigenvalue weighted by atomic mass is 79.9. The highest BCUT2D eigenvalue weighted by molar-refractivity contribution is 9.10. The summed E-state index contributed by atoms with van der Waals surface area (Å²) >= 11 is 3.36. The van der Waals surface area contributed by atoms with E-state index < -0.39 is 0 Å². The number of nitrogen functional groups attached to an aromatic ring is 1. The average Bonchev–Trinajstić information content (AvgIpc) is 2.58. The molecule has 0 unspecified atom stereocenters. The molecule has 0 saturated heterocycles. The van der Waals surface area contributed by atoms with Crippen molar-refractivity contribution in [2.24, 2.45) is 0 Å². The number of nitrogens with zero attached hydrogens (tertiary/aromatic N) is 3. The van der Waals surface area contributed by atoms with Gasteiger partial charge in [-0.2, -0.15) is 4.98 Å². The number of ether oxygens (including phenoxy) is 1. The Balaban J connectivity index is 2.04. The molecule has 5 nitrogen and oxygen atoms in total. The van der Waals surface area contributed by atoms with Crippen molar-refractivity contribution in [3.63, 3.8) is 0 Å². The molecule has 2 N–H and O–H groups in total. The first-order chi connectivity index (χ1) is 7.20. The Morgan fingerprint density at radius 2 is 2.07 bits per heavy atom. The zero-order valence-electron chi connectivity index (χ0n) is 8.69. The van der Waals surface area contributed by atoms with E-state index >= 15 is 0 Å². The van der Waals surface area contributed by atoms with Crippen LogP contribution in [0.3, 0.4) is 0 Å². The summed E-state index contributed by atoms with van der Waals surface area (Å²) in [5.74, 6) is 0.329. The van der Waals surface area contributed by atoms with Gasteiger partial charge in [-0.05, 0) is 41.6 Å². The number of halogens is 1. The predicted molar refractivity (Wildman–Crippen MR) is 60.4 cm³/mol. The minimum absolute atomic E-state index is 0.329. The number of anilines is 1. The predicted octanol–water partition coefficient (Wildman–Crippen LogP) is 1.75. The van der Waals surface area contributed by atoms with Gasteiger partial charge in [0.2, 0.25) is 5.95 Å². The summed E-state index contributed by atoms with van der Waals surface area (Å²) < 4.78 is 7.93. The van der Waals surface area contributed by atoms with Crippen molar-refractivity contribution in [1.29, 1.82) is 0 Å². The highest BCUT2D eigenvalue weighted by Crippen LogP contribution is 2.31. The Labute approximate surface area is 97.1 Å². The van der Waals surface area contributed by atoms with Crippen LogP contribution in [0.2, 0.25) is 0 Å². The van der Waals surface area contributed by atoms with Gasteiger partial charge in [-0.3, -0.25) is 0 Å². The summed E-state index contributed by atoms with van der Waals surface area (Å²) in [6.07, 6.45) is 4.70. The van der Waals surface area contributed by atoms with Crippen molar-refractivity contribution in [3.8, 4) is 0 Å². The van der Waals surface area contributed by atoms with Crippen LogP contribution in [0, 0.1) is 0 Å². The molecule has 0 aliphatic heterocycles. The van der Waals surface area contributed by atoms with Crippen LogP contribution in [0.25, 0.3) is 0 Å². The molecule has 0 amide bonds. The Kier molecular flexibility index (Phi) is 3.25. The first-order valence-electron chi connectivity index (χ1n) is 5.11. The Morgan fingerprint density at radius 3 is 2.53 bits per heavy atom. The lowest BCUT2D eigenvalue weighted by Gasteiger charge is -2.27. The van der Waals surface area contributed by atoms with Crippen LogP contribution < -0.4 is 5.73 Å². The molecule has 0 atom stereocenters. The second-order valence-corrected chi connectivity index (χ2v) is 4.56. The average molecular weight is 275 g/mol. The van der Waals surface area contributed by atoms with Crippen LogP contribution in [0.5, 0.6) is 0 Å². The lowest BCUT2D eigenvalue weighted by atomic mass is 9.93. The van der Waals surface area contributed by atoms with Gasteiger partial charge in [-0.25, -0.2) is 4.68 Å².